The molecule has 0 bridgehead atoms. The second kappa shape index (κ2) is 6.13. The van der Waals surface area contributed by atoms with Crippen molar-refractivity contribution in [1.82, 2.24) is 5.32 Å². The Morgan fingerprint density at radius 2 is 1.86 bits per heavy atom. The van der Waals surface area contributed by atoms with Crippen LogP contribution in [0.15, 0.2) is 12.1 Å². The maximum Gasteiger partial charge on any atom is 0.257 e. The molecule has 1 heterocycles. The van der Waals surface area contributed by atoms with Crippen LogP contribution in [-0.2, 0) is 9.53 Å². The lowest BCUT2D eigenvalue weighted by molar-refractivity contribution is -0.128. The zero-order valence-electron chi connectivity index (χ0n) is 10.9. The van der Waals surface area contributed by atoms with Crippen molar-refractivity contribution in [1.29, 1.82) is 0 Å². The molecular weight excluding hydrogens is 289 g/mol. The number of hydrogen-bond acceptors (Lipinski definition) is 3. The number of ether oxygens (including phenoxy) is 1. The largest absolute Gasteiger partial charge is 0.367 e. The maximum absolute atomic E-state index is 13.4. The van der Waals surface area contributed by atoms with Gasteiger partial charge in [-0.3, -0.25) is 9.59 Å². The summed E-state index contributed by atoms with van der Waals surface area (Å²) in [4.78, 5) is 22.6. The third-order valence-corrected chi connectivity index (χ3v) is 3.15. The number of hydrogen-bond donors (Lipinski definition) is 2. The minimum Gasteiger partial charge on any atom is -0.367 e. The highest BCUT2D eigenvalue weighted by Crippen LogP contribution is 2.19. The number of halogens is 3. The van der Waals surface area contributed by atoms with Crippen LogP contribution in [0.25, 0.3) is 0 Å². The quantitative estimate of drug-likeness (QED) is 0.866. The van der Waals surface area contributed by atoms with E-state index in [0.29, 0.717) is 25.0 Å². The Morgan fingerprint density at radius 3 is 2.38 bits per heavy atom. The van der Waals surface area contributed by atoms with Crippen molar-refractivity contribution in [3.63, 3.8) is 0 Å². The van der Waals surface area contributed by atoms with E-state index in [9.17, 15) is 22.8 Å². The summed E-state index contributed by atoms with van der Waals surface area (Å²) in [6.07, 6.45) is -0.263. The van der Waals surface area contributed by atoms with Crippen LogP contribution in [0.4, 0.5) is 13.2 Å². The summed E-state index contributed by atoms with van der Waals surface area (Å²) < 4.78 is 44.8. The first-order valence-corrected chi connectivity index (χ1v) is 6.26. The van der Waals surface area contributed by atoms with E-state index in [4.69, 9.17) is 10.5 Å². The van der Waals surface area contributed by atoms with Gasteiger partial charge in [0.2, 0.25) is 5.91 Å². The molecule has 2 unspecified atom stereocenters. The third kappa shape index (κ3) is 3.52. The number of nitrogens with two attached hydrogens (primary N) is 1. The van der Waals surface area contributed by atoms with Crippen LogP contribution < -0.4 is 11.1 Å². The van der Waals surface area contributed by atoms with Crippen LogP contribution in [0.5, 0.6) is 0 Å². The highest BCUT2D eigenvalue weighted by molar-refractivity contribution is 5.94. The van der Waals surface area contributed by atoms with E-state index in [0.717, 1.165) is 0 Å². The summed E-state index contributed by atoms with van der Waals surface area (Å²) in [5.41, 5.74) is 4.21. The van der Waals surface area contributed by atoms with E-state index in [-0.39, 0.29) is 6.54 Å². The van der Waals surface area contributed by atoms with Gasteiger partial charge in [-0.15, -0.1) is 0 Å². The third-order valence-electron chi connectivity index (χ3n) is 3.15. The van der Waals surface area contributed by atoms with E-state index in [1.54, 1.807) is 0 Å². The van der Waals surface area contributed by atoms with Gasteiger partial charge >= 0.3 is 0 Å². The van der Waals surface area contributed by atoms with Crippen molar-refractivity contribution in [3.8, 4) is 0 Å². The zero-order valence-corrected chi connectivity index (χ0v) is 10.9. The first-order chi connectivity index (χ1) is 9.88. The van der Waals surface area contributed by atoms with E-state index < -0.39 is 47.0 Å². The van der Waals surface area contributed by atoms with Crippen LogP contribution in [0.1, 0.15) is 23.2 Å². The highest BCUT2D eigenvalue weighted by atomic mass is 19.1. The molecule has 1 aliphatic rings. The smallest absolute Gasteiger partial charge is 0.257 e. The van der Waals surface area contributed by atoms with Crippen molar-refractivity contribution in [2.45, 2.75) is 25.0 Å². The van der Waals surface area contributed by atoms with Gasteiger partial charge in [0.25, 0.3) is 5.91 Å². The molecule has 1 fully saturated rings. The summed E-state index contributed by atoms with van der Waals surface area (Å²) in [6, 6.07) is 0.848. The number of amides is 2. The van der Waals surface area contributed by atoms with Crippen LogP contribution >= 0.6 is 0 Å². The maximum atomic E-state index is 13.4. The number of nitrogens with one attached hydrogen (secondary N) is 1. The SMILES string of the molecule is NC(=O)C1CCC(CNC(=O)c2c(F)cc(F)cc2F)O1. The molecule has 5 nitrogen and oxygen atoms in total. The average Bonchev–Trinajstić information content (AvgIpc) is 2.84. The average molecular weight is 302 g/mol. The molecule has 0 radical (unpaired) electrons. The molecule has 1 aromatic rings. The van der Waals surface area contributed by atoms with Gasteiger partial charge in [0.05, 0.1) is 6.10 Å². The molecular formula is C13H13F3N2O3. The standard InChI is InChI=1S/C13H13F3N2O3/c14-6-3-8(15)11(9(16)4-6)13(20)18-5-7-1-2-10(21-7)12(17)19/h3-4,7,10H,1-2,5H2,(H2,17,19)(H,18,20). The van der Waals surface area contributed by atoms with Crippen LogP contribution in [0, 0.1) is 17.5 Å². The molecule has 1 aliphatic heterocycles. The number of carbonyl (C=O) groups is 2. The van der Waals surface area contributed by atoms with E-state index >= 15 is 0 Å². The predicted octanol–water partition coefficient (Wildman–Crippen LogP) is 0.867. The van der Waals surface area contributed by atoms with Gasteiger partial charge in [-0.25, -0.2) is 13.2 Å². The molecule has 1 saturated heterocycles. The van der Waals surface area contributed by atoms with Gasteiger partial charge in [-0.1, -0.05) is 0 Å². The van der Waals surface area contributed by atoms with E-state index in [2.05, 4.69) is 5.32 Å². The van der Waals surface area contributed by atoms with E-state index in [1.807, 2.05) is 0 Å². The van der Waals surface area contributed by atoms with Gasteiger partial charge < -0.3 is 15.8 Å². The first-order valence-electron chi connectivity index (χ1n) is 6.26. The molecule has 2 atom stereocenters. The first kappa shape index (κ1) is 15.3. The molecule has 0 spiro atoms. The zero-order chi connectivity index (χ0) is 15.6. The van der Waals surface area contributed by atoms with Crippen molar-refractivity contribution < 1.29 is 27.5 Å². The number of primary amides is 1. The summed E-state index contributed by atoms with van der Waals surface area (Å²) in [5.74, 6) is -5.29. The van der Waals surface area contributed by atoms with Crippen molar-refractivity contribution >= 4 is 11.8 Å². The molecule has 0 aliphatic carbocycles. The molecule has 2 rings (SSSR count). The molecule has 21 heavy (non-hydrogen) atoms. The van der Waals surface area contributed by atoms with Gasteiger partial charge in [0.15, 0.2) is 0 Å². The second-order valence-corrected chi connectivity index (χ2v) is 4.68. The molecule has 0 saturated carbocycles. The Hall–Kier alpha value is -2.09. The van der Waals surface area contributed by atoms with Crippen molar-refractivity contribution in [3.05, 3.63) is 35.1 Å². The van der Waals surface area contributed by atoms with Crippen LogP contribution in [0.2, 0.25) is 0 Å². The van der Waals surface area contributed by atoms with Crippen molar-refractivity contribution in [2.75, 3.05) is 6.54 Å². The summed E-state index contributed by atoms with van der Waals surface area (Å²) in [7, 11) is 0. The van der Waals surface area contributed by atoms with Crippen molar-refractivity contribution in [2.24, 2.45) is 5.73 Å². The Kier molecular flexibility index (Phi) is 4.46. The van der Waals surface area contributed by atoms with Gasteiger partial charge in [0, 0.05) is 18.7 Å². The number of rotatable bonds is 4. The fourth-order valence-electron chi connectivity index (χ4n) is 2.12. The fourth-order valence-corrected chi connectivity index (χ4v) is 2.12. The normalized spacial score (nSPS) is 21.3. The molecule has 2 amide bonds. The lowest BCUT2D eigenvalue weighted by atomic mass is 10.1. The van der Waals surface area contributed by atoms with Gasteiger partial charge in [-0.05, 0) is 12.8 Å². The predicted molar refractivity (Wildman–Crippen MR) is 65.7 cm³/mol. The monoisotopic (exact) mass is 302 g/mol. The minimum absolute atomic E-state index is 0.0289. The topological polar surface area (TPSA) is 81.4 Å². The molecule has 3 N–H and O–H groups in total. The molecule has 1 aromatic carbocycles. The summed E-state index contributed by atoms with van der Waals surface area (Å²) >= 11 is 0. The fraction of sp³-hybridized carbons (Fsp3) is 0.385. The Balaban J connectivity index is 1.96. The molecule has 8 heteroatoms. The highest BCUT2D eigenvalue weighted by Gasteiger charge is 2.29. The lowest BCUT2D eigenvalue weighted by Crippen LogP contribution is -2.35. The second-order valence-electron chi connectivity index (χ2n) is 4.68. The lowest BCUT2D eigenvalue weighted by Gasteiger charge is -2.13. The van der Waals surface area contributed by atoms with Gasteiger partial charge in [-0.2, -0.15) is 0 Å². The number of benzene rings is 1. The van der Waals surface area contributed by atoms with Crippen LogP contribution in [-0.4, -0.2) is 30.6 Å². The minimum atomic E-state index is -1.28. The Bertz CT molecular complexity index is 557. The van der Waals surface area contributed by atoms with Crippen LogP contribution in [0.3, 0.4) is 0 Å². The Morgan fingerprint density at radius 1 is 1.24 bits per heavy atom. The molecule has 114 valence electrons. The van der Waals surface area contributed by atoms with E-state index in [1.165, 1.54) is 0 Å². The summed E-state index contributed by atoms with van der Waals surface area (Å²) in [6.45, 7) is -0.0289. The number of carbonyl (C=O) groups excluding carboxylic acids is 2. The molecule has 0 aromatic heterocycles. The van der Waals surface area contributed by atoms with Gasteiger partial charge in [0.1, 0.15) is 29.1 Å². The Labute approximate surface area is 118 Å². The summed E-state index contributed by atoms with van der Waals surface area (Å²) in [5, 5.41) is 2.28.